The highest BCUT2D eigenvalue weighted by atomic mass is 35.5. The first-order valence-electron chi connectivity index (χ1n) is 7.99. The van der Waals surface area contributed by atoms with Gasteiger partial charge in [-0.15, -0.1) is 0 Å². The molecular weight excluding hydrogens is 282 g/mol. The van der Waals surface area contributed by atoms with Crippen LogP contribution in [-0.2, 0) is 6.54 Å². The molecule has 2 rings (SSSR count). The summed E-state index contributed by atoms with van der Waals surface area (Å²) in [4.78, 5) is 4.92. The van der Waals surface area contributed by atoms with Crippen LogP contribution in [-0.4, -0.2) is 44.7 Å². The van der Waals surface area contributed by atoms with Crippen LogP contribution < -0.4 is 10.2 Å². The Hall–Kier alpha value is -0.770. The number of halogens is 1. The van der Waals surface area contributed by atoms with Crippen molar-refractivity contribution in [2.75, 3.05) is 44.7 Å². The number of rotatable bonds is 5. The number of hydrogen-bond donors (Lipinski definition) is 1. The standard InChI is InChI=1S/C17H28ClN3/c1-14(2)12-19-13-15-11-16(18)5-6-17(15)21-8-4-7-20(3)9-10-21/h5-6,11,14,19H,4,7-10,12-13H2,1-3H3. The number of nitrogens with zero attached hydrogens (tertiary/aromatic N) is 2. The van der Waals surface area contributed by atoms with E-state index >= 15 is 0 Å². The second kappa shape index (κ2) is 8.02. The minimum atomic E-state index is 0.666. The lowest BCUT2D eigenvalue weighted by atomic mass is 10.1. The monoisotopic (exact) mass is 309 g/mol. The van der Waals surface area contributed by atoms with Crippen LogP contribution >= 0.6 is 11.6 Å². The molecule has 1 aromatic rings. The molecule has 21 heavy (non-hydrogen) atoms. The van der Waals surface area contributed by atoms with Gasteiger partial charge in [0.15, 0.2) is 0 Å². The summed E-state index contributed by atoms with van der Waals surface area (Å²) in [6.07, 6.45) is 1.22. The summed E-state index contributed by atoms with van der Waals surface area (Å²) in [7, 11) is 2.20. The minimum Gasteiger partial charge on any atom is -0.370 e. The van der Waals surface area contributed by atoms with Gasteiger partial charge in [-0.1, -0.05) is 25.4 Å². The van der Waals surface area contributed by atoms with Gasteiger partial charge in [-0.05, 0) is 56.2 Å². The van der Waals surface area contributed by atoms with Gasteiger partial charge in [0.2, 0.25) is 0 Å². The summed E-state index contributed by atoms with van der Waals surface area (Å²) in [5.41, 5.74) is 2.65. The molecule has 1 aliphatic rings. The summed E-state index contributed by atoms with van der Waals surface area (Å²) in [5.74, 6) is 0.666. The quantitative estimate of drug-likeness (QED) is 0.901. The lowest BCUT2D eigenvalue weighted by Gasteiger charge is -2.26. The molecule has 0 amide bonds. The Balaban J connectivity index is 2.09. The van der Waals surface area contributed by atoms with E-state index in [1.165, 1.54) is 24.2 Å². The number of likely N-dealkylation sites (N-methyl/N-ethyl adjacent to an activating group) is 1. The Morgan fingerprint density at radius 2 is 2.00 bits per heavy atom. The number of anilines is 1. The summed E-state index contributed by atoms with van der Waals surface area (Å²) in [6, 6.07) is 6.30. The van der Waals surface area contributed by atoms with Crippen molar-refractivity contribution in [2.45, 2.75) is 26.8 Å². The Bertz CT molecular complexity index is 448. The Labute approximate surface area is 134 Å². The SMILES string of the molecule is CC(C)CNCc1cc(Cl)ccc1N1CCCN(C)CC1. The average Bonchev–Trinajstić information content (AvgIpc) is 2.63. The van der Waals surface area contributed by atoms with E-state index in [1.807, 2.05) is 6.07 Å². The molecule has 4 heteroatoms. The zero-order chi connectivity index (χ0) is 15.2. The number of nitrogens with one attached hydrogen (secondary N) is 1. The molecule has 3 nitrogen and oxygen atoms in total. The van der Waals surface area contributed by atoms with E-state index in [9.17, 15) is 0 Å². The third kappa shape index (κ3) is 5.17. The van der Waals surface area contributed by atoms with Gasteiger partial charge in [-0.25, -0.2) is 0 Å². The van der Waals surface area contributed by atoms with Crippen molar-refractivity contribution in [3.05, 3.63) is 28.8 Å². The highest BCUT2D eigenvalue weighted by Gasteiger charge is 2.15. The molecule has 0 atom stereocenters. The van der Waals surface area contributed by atoms with Gasteiger partial charge in [-0.3, -0.25) is 0 Å². The van der Waals surface area contributed by atoms with E-state index in [0.29, 0.717) is 5.92 Å². The fourth-order valence-electron chi connectivity index (χ4n) is 2.79. The maximum absolute atomic E-state index is 6.20. The van der Waals surface area contributed by atoms with Crippen molar-refractivity contribution in [1.82, 2.24) is 10.2 Å². The topological polar surface area (TPSA) is 18.5 Å². The lowest BCUT2D eigenvalue weighted by Crippen LogP contribution is -2.30. The fourth-order valence-corrected chi connectivity index (χ4v) is 2.98. The Morgan fingerprint density at radius 3 is 2.76 bits per heavy atom. The average molecular weight is 310 g/mol. The van der Waals surface area contributed by atoms with Crippen molar-refractivity contribution < 1.29 is 0 Å². The molecule has 0 aromatic heterocycles. The van der Waals surface area contributed by atoms with Crippen molar-refractivity contribution in [2.24, 2.45) is 5.92 Å². The minimum absolute atomic E-state index is 0.666. The van der Waals surface area contributed by atoms with Crippen molar-refractivity contribution in [3.63, 3.8) is 0 Å². The molecule has 0 radical (unpaired) electrons. The normalized spacial score (nSPS) is 17.3. The molecule has 1 N–H and O–H groups in total. The maximum Gasteiger partial charge on any atom is 0.0413 e. The van der Waals surface area contributed by atoms with Gasteiger partial charge < -0.3 is 15.1 Å². The predicted molar refractivity (Wildman–Crippen MR) is 92.3 cm³/mol. The second-order valence-electron chi connectivity index (χ2n) is 6.44. The molecule has 0 aliphatic carbocycles. The van der Waals surface area contributed by atoms with Crippen LogP contribution in [0.5, 0.6) is 0 Å². The van der Waals surface area contributed by atoms with Gasteiger partial charge >= 0.3 is 0 Å². The zero-order valence-corrected chi connectivity index (χ0v) is 14.3. The highest BCUT2D eigenvalue weighted by molar-refractivity contribution is 6.30. The third-order valence-electron chi connectivity index (χ3n) is 3.97. The molecule has 1 fully saturated rings. The van der Waals surface area contributed by atoms with E-state index in [0.717, 1.165) is 37.7 Å². The smallest absolute Gasteiger partial charge is 0.0413 e. The molecule has 1 heterocycles. The zero-order valence-electron chi connectivity index (χ0n) is 13.5. The first-order chi connectivity index (χ1) is 10.1. The van der Waals surface area contributed by atoms with Crippen molar-refractivity contribution in [3.8, 4) is 0 Å². The molecule has 0 saturated carbocycles. The molecule has 0 spiro atoms. The van der Waals surface area contributed by atoms with Crippen LogP contribution in [0.3, 0.4) is 0 Å². The molecule has 0 unspecified atom stereocenters. The molecule has 118 valence electrons. The highest BCUT2D eigenvalue weighted by Crippen LogP contribution is 2.25. The fraction of sp³-hybridized carbons (Fsp3) is 0.647. The summed E-state index contributed by atoms with van der Waals surface area (Å²) in [5, 5.41) is 4.36. The summed E-state index contributed by atoms with van der Waals surface area (Å²) >= 11 is 6.20. The summed E-state index contributed by atoms with van der Waals surface area (Å²) < 4.78 is 0. The van der Waals surface area contributed by atoms with Crippen molar-refractivity contribution >= 4 is 17.3 Å². The molecule has 1 saturated heterocycles. The molecule has 1 aliphatic heterocycles. The van der Waals surface area contributed by atoms with Crippen LogP contribution in [0, 0.1) is 5.92 Å². The molecular formula is C17H28ClN3. The van der Waals surface area contributed by atoms with Crippen LogP contribution in [0.15, 0.2) is 18.2 Å². The molecule has 1 aromatic carbocycles. The lowest BCUT2D eigenvalue weighted by molar-refractivity contribution is 0.360. The number of hydrogen-bond acceptors (Lipinski definition) is 3. The Kier molecular flexibility index (Phi) is 6.34. The molecule has 0 bridgehead atoms. The van der Waals surface area contributed by atoms with Crippen LogP contribution in [0.2, 0.25) is 5.02 Å². The van der Waals surface area contributed by atoms with Crippen LogP contribution in [0.4, 0.5) is 5.69 Å². The van der Waals surface area contributed by atoms with Crippen molar-refractivity contribution in [1.29, 1.82) is 0 Å². The first kappa shape index (κ1) is 16.6. The van der Waals surface area contributed by atoms with Gasteiger partial charge in [0.1, 0.15) is 0 Å². The van der Waals surface area contributed by atoms with Crippen LogP contribution in [0.1, 0.15) is 25.8 Å². The maximum atomic E-state index is 6.20. The van der Waals surface area contributed by atoms with Gasteiger partial charge in [0.25, 0.3) is 0 Å². The Morgan fingerprint density at radius 1 is 1.19 bits per heavy atom. The van der Waals surface area contributed by atoms with E-state index in [1.54, 1.807) is 0 Å². The van der Waals surface area contributed by atoms with Gasteiger partial charge in [-0.2, -0.15) is 0 Å². The van der Waals surface area contributed by atoms with E-state index in [-0.39, 0.29) is 0 Å². The van der Waals surface area contributed by atoms with E-state index < -0.39 is 0 Å². The number of benzene rings is 1. The first-order valence-corrected chi connectivity index (χ1v) is 8.36. The summed E-state index contributed by atoms with van der Waals surface area (Å²) in [6.45, 7) is 10.9. The van der Waals surface area contributed by atoms with Gasteiger partial charge in [0, 0.05) is 36.9 Å². The third-order valence-corrected chi connectivity index (χ3v) is 4.20. The predicted octanol–water partition coefficient (Wildman–Crippen LogP) is 3.23. The largest absolute Gasteiger partial charge is 0.370 e. The van der Waals surface area contributed by atoms with E-state index in [2.05, 4.69) is 48.1 Å². The van der Waals surface area contributed by atoms with Gasteiger partial charge in [0.05, 0.1) is 0 Å². The second-order valence-corrected chi connectivity index (χ2v) is 6.88. The van der Waals surface area contributed by atoms with E-state index in [4.69, 9.17) is 11.6 Å². The van der Waals surface area contributed by atoms with Crippen LogP contribution in [0.25, 0.3) is 0 Å².